The summed E-state index contributed by atoms with van der Waals surface area (Å²) in [6, 6.07) is 4.47. The number of nitriles is 1. The van der Waals surface area contributed by atoms with Gasteiger partial charge in [0.25, 0.3) is 0 Å². The number of likely N-dealkylation sites (tertiary alicyclic amines) is 1. The molecule has 0 bridgehead atoms. The number of hydrogen-bond acceptors (Lipinski definition) is 9. The molecule has 2 aliphatic carbocycles. The quantitative estimate of drug-likeness (QED) is 0.473. The summed E-state index contributed by atoms with van der Waals surface area (Å²) in [5.74, 6) is 1.21. The molecular weight excluding hydrogens is 468 g/mol. The van der Waals surface area contributed by atoms with Crippen LogP contribution in [-0.2, 0) is 9.59 Å². The second-order valence-corrected chi connectivity index (χ2v) is 11.2. The van der Waals surface area contributed by atoms with Crippen LogP contribution in [0.3, 0.4) is 0 Å². The largest absolute Gasteiger partial charge is 0.473 e. The summed E-state index contributed by atoms with van der Waals surface area (Å²) in [7, 11) is 2.11. The summed E-state index contributed by atoms with van der Waals surface area (Å²) in [6.45, 7) is 4.40. The lowest BCUT2D eigenvalue weighted by Crippen LogP contribution is -2.45. The molecule has 4 fully saturated rings. The first-order chi connectivity index (χ1) is 17.8. The van der Waals surface area contributed by atoms with Crippen molar-refractivity contribution in [3.8, 4) is 11.9 Å². The molecule has 0 radical (unpaired) electrons. The van der Waals surface area contributed by atoms with E-state index in [1.54, 1.807) is 0 Å². The third-order valence-corrected chi connectivity index (χ3v) is 8.91. The lowest BCUT2D eigenvalue weighted by Gasteiger charge is -2.38. The average molecular weight is 507 g/mol. The van der Waals surface area contributed by atoms with Crippen LogP contribution in [0.1, 0.15) is 77.0 Å². The standard InChI is InChI=1S/C28H38N6O3/c1-18(21-8-6-13-33(21)2)37-24-15-23(34-14-10-19(16-29)17-34)31-27(32-24)25(30)20-7-5-12-28(26(20)36)11-4-3-9-22(28)35/h15,18-19,21H,3-14,17,30H2,1-2H3/t18-,19?,21-,28+/m0/s1. The highest BCUT2D eigenvalue weighted by atomic mass is 16.5. The van der Waals surface area contributed by atoms with Crippen LogP contribution >= 0.6 is 0 Å². The van der Waals surface area contributed by atoms with E-state index in [4.69, 9.17) is 15.5 Å². The van der Waals surface area contributed by atoms with E-state index in [2.05, 4.69) is 34.8 Å². The van der Waals surface area contributed by atoms with Crippen LogP contribution in [0.25, 0.3) is 5.70 Å². The van der Waals surface area contributed by atoms with Gasteiger partial charge < -0.3 is 15.4 Å². The number of nitrogens with zero attached hydrogens (tertiary/aromatic N) is 5. The predicted octanol–water partition coefficient (Wildman–Crippen LogP) is 3.24. The van der Waals surface area contributed by atoms with Crippen LogP contribution in [-0.4, -0.2) is 65.3 Å². The van der Waals surface area contributed by atoms with E-state index in [0.29, 0.717) is 62.1 Å². The molecular formula is C28H38N6O3. The van der Waals surface area contributed by atoms with Gasteiger partial charge in [-0.3, -0.25) is 14.5 Å². The van der Waals surface area contributed by atoms with Gasteiger partial charge in [-0.2, -0.15) is 10.2 Å². The molecule has 4 aliphatic rings. The molecule has 2 N–H and O–H groups in total. The van der Waals surface area contributed by atoms with Crippen LogP contribution in [0, 0.1) is 22.7 Å². The Morgan fingerprint density at radius 3 is 2.68 bits per heavy atom. The Labute approximate surface area is 219 Å². The van der Waals surface area contributed by atoms with Gasteiger partial charge in [0, 0.05) is 37.2 Å². The number of nitrogens with two attached hydrogens (primary N) is 1. The Bertz CT molecular complexity index is 1140. The Hall–Kier alpha value is -2.99. The number of aromatic nitrogens is 2. The SMILES string of the molecule is C[C@H](Oc1cc(N2CCC(C#N)C2)nc(C(N)=C2CCC[C@@]3(CCCCC3=O)C2=O)n1)[C@@H]1CCCN1C. The highest BCUT2D eigenvalue weighted by Crippen LogP contribution is 2.45. The lowest BCUT2D eigenvalue weighted by molar-refractivity contribution is -0.143. The molecule has 3 heterocycles. The van der Waals surface area contributed by atoms with Crippen molar-refractivity contribution in [1.29, 1.82) is 5.26 Å². The van der Waals surface area contributed by atoms with E-state index in [-0.39, 0.29) is 35.1 Å². The maximum absolute atomic E-state index is 13.7. The Morgan fingerprint density at radius 1 is 1.16 bits per heavy atom. The van der Waals surface area contributed by atoms with Crippen LogP contribution in [0.5, 0.6) is 5.88 Å². The van der Waals surface area contributed by atoms with Crippen molar-refractivity contribution in [2.45, 2.75) is 83.3 Å². The molecule has 4 atom stereocenters. The topological polar surface area (TPSA) is 125 Å². The highest BCUT2D eigenvalue weighted by molar-refractivity contribution is 6.17. The molecule has 37 heavy (non-hydrogen) atoms. The van der Waals surface area contributed by atoms with Crippen molar-refractivity contribution < 1.29 is 14.3 Å². The maximum atomic E-state index is 13.7. The first-order valence-electron chi connectivity index (χ1n) is 13.8. The fourth-order valence-corrected chi connectivity index (χ4v) is 6.70. The molecule has 2 saturated heterocycles. The molecule has 198 valence electrons. The molecule has 5 rings (SSSR count). The van der Waals surface area contributed by atoms with Gasteiger partial charge in [0.2, 0.25) is 5.88 Å². The van der Waals surface area contributed by atoms with E-state index in [1.165, 1.54) is 0 Å². The van der Waals surface area contributed by atoms with Crippen molar-refractivity contribution in [3.05, 3.63) is 17.5 Å². The first kappa shape index (κ1) is 25.7. The second kappa shape index (κ2) is 10.4. The lowest BCUT2D eigenvalue weighted by atomic mass is 9.62. The minimum Gasteiger partial charge on any atom is -0.473 e. The summed E-state index contributed by atoms with van der Waals surface area (Å²) in [5, 5.41) is 9.40. The smallest absolute Gasteiger partial charge is 0.219 e. The van der Waals surface area contributed by atoms with Gasteiger partial charge in [0.15, 0.2) is 11.6 Å². The number of rotatable bonds is 5. The van der Waals surface area contributed by atoms with Crippen molar-refractivity contribution in [2.75, 3.05) is 31.6 Å². The monoisotopic (exact) mass is 506 g/mol. The van der Waals surface area contributed by atoms with Crippen molar-refractivity contribution in [1.82, 2.24) is 14.9 Å². The number of carbonyl (C=O) groups excluding carboxylic acids is 2. The third kappa shape index (κ3) is 4.84. The van der Waals surface area contributed by atoms with Crippen LogP contribution in [0.2, 0.25) is 0 Å². The second-order valence-electron chi connectivity index (χ2n) is 11.2. The zero-order chi connectivity index (χ0) is 26.2. The van der Waals surface area contributed by atoms with Gasteiger partial charge in [-0.25, -0.2) is 4.98 Å². The van der Waals surface area contributed by atoms with Crippen LogP contribution in [0.15, 0.2) is 11.6 Å². The summed E-state index contributed by atoms with van der Waals surface area (Å²) in [4.78, 5) is 40.5. The van der Waals surface area contributed by atoms with Crippen LogP contribution < -0.4 is 15.4 Å². The van der Waals surface area contributed by atoms with Crippen LogP contribution in [0.4, 0.5) is 5.82 Å². The number of anilines is 1. The number of ether oxygens (including phenoxy) is 1. The van der Waals surface area contributed by atoms with E-state index in [0.717, 1.165) is 45.1 Å². The summed E-state index contributed by atoms with van der Waals surface area (Å²) >= 11 is 0. The molecule has 9 nitrogen and oxygen atoms in total. The van der Waals surface area contributed by atoms with Crippen molar-refractivity contribution in [2.24, 2.45) is 17.1 Å². The maximum Gasteiger partial charge on any atom is 0.219 e. The summed E-state index contributed by atoms with van der Waals surface area (Å²) < 4.78 is 6.35. The molecule has 9 heteroatoms. The zero-order valence-corrected chi connectivity index (χ0v) is 22.0. The van der Waals surface area contributed by atoms with Gasteiger partial charge in [-0.15, -0.1) is 0 Å². The van der Waals surface area contributed by atoms with Gasteiger partial charge in [0.05, 0.1) is 23.1 Å². The first-order valence-corrected chi connectivity index (χ1v) is 13.8. The van der Waals surface area contributed by atoms with Crippen molar-refractivity contribution >= 4 is 23.1 Å². The van der Waals surface area contributed by atoms with E-state index in [1.807, 2.05) is 6.07 Å². The zero-order valence-electron chi connectivity index (χ0n) is 22.0. The normalized spacial score (nSPS) is 31.0. The third-order valence-electron chi connectivity index (χ3n) is 8.91. The fourth-order valence-electron chi connectivity index (χ4n) is 6.70. The van der Waals surface area contributed by atoms with Gasteiger partial charge in [0.1, 0.15) is 17.7 Å². The molecule has 0 amide bonds. The molecule has 1 aromatic heterocycles. The Morgan fingerprint density at radius 2 is 1.97 bits per heavy atom. The fraction of sp³-hybridized carbons (Fsp3) is 0.679. The summed E-state index contributed by atoms with van der Waals surface area (Å²) in [6.07, 6.45) is 7.57. The average Bonchev–Trinajstić information content (AvgIpc) is 3.56. The number of ketones is 2. The number of allylic oxidation sites excluding steroid dienone is 1. The number of likely N-dealkylation sites (N-methyl/N-ethyl adjacent to an activating group) is 1. The molecule has 2 saturated carbocycles. The van der Waals surface area contributed by atoms with Gasteiger partial charge >= 0.3 is 0 Å². The van der Waals surface area contributed by atoms with Gasteiger partial charge in [-0.1, -0.05) is 6.42 Å². The Balaban J connectivity index is 1.50. The molecule has 1 aromatic rings. The molecule has 0 aromatic carbocycles. The molecule has 1 spiro atoms. The summed E-state index contributed by atoms with van der Waals surface area (Å²) in [5.41, 5.74) is 6.44. The van der Waals surface area contributed by atoms with Crippen molar-refractivity contribution in [3.63, 3.8) is 0 Å². The van der Waals surface area contributed by atoms with E-state index >= 15 is 0 Å². The minimum atomic E-state index is -0.927. The number of hydrogen-bond donors (Lipinski definition) is 1. The van der Waals surface area contributed by atoms with E-state index < -0.39 is 5.41 Å². The molecule has 1 unspecified atom stereocenters. The highest BCUT2D eigenvalue weighted by Gasteiger charge is 2.49. The van der Waals surface area contributed by atoms with E-state index in [9.17, 15) is 14.9 Å². The predicted molar refractivity (Wildman–Crippen MR) is 140 cm³/mol. The number of carbonyl (C=O) groups is 2. The minimum absolute atomic E-state index is 0.0540. The number of Topliss-reactive ketones (excluding diaryl/α,β-unsaturated/α-hetero) is 2. The Kier molecular flexibility index (Phi) is 7.21. The van der Waals surface area contributed by atoms with Gasteiger partial charge in [-0.05, 0) is 71.9 Å². The molecule has 2 aliphatic heterocycles.